The number of alkyl halides is 3. The van der Waals surface area contributed by atoms with Crippen LogP contribution in [0.4, 0.5) is 19.0 Å². The minimum absolute atomic E-state index is 0.0930. The summed E-state index contributed by atoms with van der Waals surface area (Å²) < 4.78 is 38.9. The number of rotatable bonds is 7. The van der Waals surface area contributed by atoms with Crippen molar-refractivity contribution in [1.82, 2.24) is 30.2 Å². The van der Waals surface area contributed by atoms with Crippen LogP contribution in [-0.2, 0) is 17.5 Å². The monoisotopic (exact) mass is 528 g/mol. The van der Waals surface area contributed by atoms with Crippen LogP contribution in [0.1, 0.15) is 54.3 Å². The molecule has 3 heterocycles. The molecule has 3 aromatic rings. The van der Waals surface area contributed by atoms with Gasteiger partial charge < -0.3 is 10.2 Å². The summed E-state index contributed by atoms with van der Waals surface area (Å²) in [5, 5.41) is 5.51. The van der Waals surface area contributed by atoms with Crippen LogP contribution in [0.15, 0.2) is 60.1 Å². The molecule has 1 atom stereocenters. The quantitative estimate of drug-likeness (QED) is 0.352. The molecule has 0 saturated carbocycles. The van der Waals surface area contributed by atoms with Crippen molar-refractivity contribution in [3.8, 4) is 0 Å². The van der Waals surface area contributed by atoms with Gasteiger partial charge in [0.15, 0.2) is 0 Å². The maximum Gasteiger partial charge on any atom is 0.417 e. The number of carbonyl (C=O) groups is 2. The topological polar surface area (TPSA) is 125 Å². The lowest BCUT2D eigenvalue weighted by Gasteiger charge is -2.28. The lowest BCUT2D eigenvalue weighted by Crippen LogP contribution is -2.38. The highest BCUT2D eigenvalue weighted by Crippen LogP contribution is 2.29. The second-order valence-electron chi connectivity index (χ2n) is 8.53. The number of aromatic nitrogens is 4. The number of amides is 2. The first-order valence-corrected chi connectivity index (χ1v) is 11.6. The van der Waals surface area contributed by atoms with Crippen LogP contribution < -0.4 is 10.6 Å². The Morgan fingerprint density at radius 1 is 1.00 bits per heavy atom. The van der Waals surface area contributed by atoms with Crippen molar-refractivity contribution < 1.29 is 22.8 Å². The van der Waals surface area contributed by atoms with Gasteiger partial charge in [-0.1, -0.05) is 13.8 Å². The second-order valence-corrected chi connectivity index (χ2v) is 8.53. The highest BCUT2D eigenvalue weighted by atomic mass is 19.4. The van der Waals surface area contributed by atoms with Crippen molar-refractivity contribution in [1.29, 1.82) is 0 Å². The summed E-state index contributed by atoms with van der Waals surface area (Å²) in [5.74, 6) is -0.0506. The number of hydrogen-bond acceptors (Lipinski definition) is 7. The molecule has 13 heteroatoms. The number of guanidine groups is 1. The Labute approximate surface area is 217 Å². The molecule has 2 N–H and O–H groups in total. The van der Waals surface area contributed by atoms with E-state index in [9.17, 15) is 22.8 Å². The summed E-state index contributed by atoms with van der Waals surface area (Å²) in [6.07, 6.45) is 0.617. The SMILES string of the molecule is CN=C(NC(=O)C(C)C)Nc1ccc(C(=O)N(Cc2ccc(C(F)(F)F)cn2)C(C)c2ncccn2)cn1. The summed E-state index contributed by atoms with van der Waals surface area (Å²) >= 11 is 0. The van der Waals surface area contributed by atoms with Crippen molar-refractivity contribution in [2.24, 2.45) is 10.9 Å². The van der Waals surface area contributed by atoms with E-state index >= 15 is 0 Å². The fourth-order valence-electron chi connectivity index (χ4n) is 3.20. The molecule has 1 unspecified atom stereocenters. The molecule has 0 bridgehead atoms. The molecule has 0 aromatic carbocycles. The van der Waals surface area contributed by atoms with Crippen molar-refractivity contribution in [3.63, 3.8) is 0 Å². The van der Waals surface area contributed by atoms with Crippen LogP contribution in [-0.4, -0.2) is 49.7 Å². The normalized spacial score (nSPS) is 12.7. The molecule has 3 aromatic heterocycles. The average Bonchev–Trinajstić information content (AvgIpc) is 2.91. The van der Waals surface area contributed by atoms with E-state index in [2.05, 4.69) is 35.6 Å². The third-order valence-electron chi connectivity index (χ3n) is 5.42. The average molecular weight is 529 g/mol. The van der Waals surface area contributed by atoms with Crippen LogP contribution in [0.5, 0.6) is 0 Å². The molecular weight excluding hydrogens is 501 g/mol. The van der Waals surface area contributed by atoms with Gasteiger partial charge in [0, 0.05) is 37.8 Å². The van der Waals surface area contributed by atoms with Gasteiger partial charge in [0.05, 0.1) is 29.4 Å². The Morgan fingerprint density at radius 2 is 1.71 bits per heavy atom. The number of hydrogen-bond donors (Lipinski definition) is 2. The largest absolute Gasteiger partial charge is 0.417 e. The number of pyridine rings is 2. The Bertz CT molecular complexity index is 1260. The van der Waals surface area contributed by atoms with Crippen LogP contribution in [0.2, 0.25) is 0 Å². The summed E-state index contributed by atoms with van der Waals surface area (Å²) in [7, 11) is 1.50. The summed E-state index contributed by atoms with van der Waals surface area (Å²) in [6, 6.07) is 6.22. The number of anilines is 1. The van der Waals surface area contributed by atoms with E-state index in [1.165, 1.54) is 48.7 Å². The highest BCUT2D eigenvalue weighted by Gasteiger charge is 2.31. The fraction of sp³-hybridized carbons (Fsp3) is 0.320. The number of nitrogens with zero attached hydrogens (tertiary/aromatic N) is 6. The lowest BCUT2D eigenvalue weighted by molar-refractivity contribution is -0.137. The Hall–Kier alpha value is -4.42. The van der Waals surface area contributed by atoms with Crippen molar-refractivity contribution in [2.75, 3.05) is 12.4 Å². The molecule has 3 rings (SSSR count). The van der Waals surface area contributed by atoms with Gasteiger partial charge in [-0.3, -0.25) is 24.9 Å². The molecule has 0 spiro atoms. The van der Waals surface area contributed by atoms with Crippen molar-refractivity contribution >= 4 is 23.6 Å². The molecule has 200 valence electrons. The number of nitrogens with one attached hydrogen (secondary N) is 2. The van der Waals surface area contributed by atoms with Crippen LogP contribution >= 0.6 is 0 Å². The molecule has 2 amide bonds. The minimum atomic E-state index is -4.52. The zero-order valence-corrected chi connectivity index (χ0v) is 21.2. The van der Waals surface area contributed by atoms with E-state index in [0.717, 1.165) is 12.3 Å². The third-order valence-corrected chi connectivity index (χ3v) is 5.42. The van der Waals surface area contributed by atoms with E-state index in [1.54, 1.807) is 26.8 Å². The van der Waals surface area contributed by atoms with E-state index in [0.29, 0.717) is 11.6 Å². The number of aliphatic imine (C=N–C) groups is 1. The van der Waals surface area contributed by atoms with Crippen LogP contribution in [0.25, 0.3) is 0 Å². The Kier molecular flexibility index (Phi) is 9.05. The first-order valence-electron chi connectivity index (χ1n) is 11.6. The second kappa shape index (κ2) is 12.2. The van der Waals surface area contributed by atoms with Crippen molar-refractivity contribution in [2.45, 2.75) is 39.5 Å². The maximum atomic E-state index is 13.5. The van der Waals surface area contributed by atoms with Gasteiger partial charge in [-0.05, 0) is 37.3 Å². The molecule has 0 fully saturated rings. The summed E-state index contributed by atoms with van der Waals surface area (Å²) in [5.41, 5.74) is -0.415. The first kappa shape index (κ1) is 28.2. The van der Waals surface area contributed by atoms with E-state index < -0.39 is 23.7 Å². The Morgan fingerprint density at radius 3 is 2.24 bits per heavy atom. The third kappa shape index (κ3) is 7.31. The van der Waals surface area contributed by atoms with E-state index in [4.69, 9.17) is 0 Å². The fourth-order valence-corrected chi connectivity index (χ4v) is 3.20. The predicted octanol–water partition coefficient (Wildman–Crippen LogP) is 3.86. The smallest absolute Gasteiger partial charge is 0.323 e. The van der Waals surface area contributed by atoms with Crippen molar-refractivity contribution in [3.05, 3.63) is 77.8 Å². The summed E-state index contributed by atoms with van der Waals surface area (Å²) in [6.45, 7) is 5.11. The van der Waals surface area contributed by atoms with Gasteiger partial charge in [0.1, 0.15) is 11.6 Å². The van der Waals surface area contributed by atoms with E-state index in [-0.39, 0.29) is 35.6 Å². The highest BCUT2D eigenvalue weighted by molar-refractivity contribution is 6.04. The Balaban J connectivity index is 1.83. The lowest BCUT2D eigenvalue weighted by atomic mass is 10.1. The van der Waals surface area contributed by atoms with Gasteiger partial charge in [-0.15, -0.1) is 0 Å². The molecule has 0 aliphatic heterocycles. The number of halogens is 3. The van der Waals surface area contributed by atoms with Gasteiger partial charge in [-0.25, -0.2) is 15.0 Å². The zero-order chi connectivity index (χ0) is 27.9. The predicted molar refractivity (Wildman–Crippen MR) is 134 cm³/mol. The summed E-state index contributed by atoms with van der Waals surface area (Å²) in [4.78, 5) is 47.4. The van der Waals surface area contributed by atoms with Crippen LogP contribution in [0, 0.1) is 5.92 Å². The van der Waals surface area contributed by atoms with Gasteiger partial charge in [0.25, 0.3) is 5.91 Å². The van der Waals surface area contributed by atoms with Gasteiger partial charge in [-0.2, -0.15) is 13.2 Å². The number of carbonyl (C=O) groups excluding carboxylic acids is 2. The van der Waals surface area contributed by atoms with Crippen LogP contribution in [0.3, 0.4) is 0 Å². The first-order chi connectivity index (χ1) is 18.0. The maximum absolute atomic E-state index is 13.5. The molecule has 10 nitrogen and oxygen atoms in total. The molecular formula is C25H27F3N8O2. The zero-order valence-electron chi connectivity index (χ0n) is 21.2. The van der Waals surface area contributed by atoms with E-state index in [1.807, 2.05) is 0 Å². The molecule has 38 heavy (non-hydrogen) atoms. The standard InChI is InChI=1S/C25H27F3N8O2/c1-15(2)22(37)35-24(29-4)34-20-9-6-17(12-33-20)23(38)36(16(3)21-30-10-5-11-31-21)14-19-8-7-18(13-32-19)25(26,27)28/h5-13,15-16H,14H2,1-4H3,(H2,29,33,34,35,37). The minimum Gasteiger partial charge on any atom is -0.323 e. The molecule has 0 radical (unpaired) electrons. The molecule has 0 aliphatic rings. The molecule has 0 saturated heterocycles. The van der Waals surface area contributed by atoms with Gasteiger partial charge >= 0.3 is 6.18 Å². The van der Waals surface area contributed by atoms with Gasteiger partial charge in [0.2, 0.25) is 11.9 Å². The molecule has 0 aliphatic carbocycles.